The van der Waals surface area contributed by atoms with E-state index in [1.807, 2.05) is 36.7 Å². The van der Waals surface area contributed by atoms with Crippen LogP contribution in [0.4, 0.5) is 0 Å². The highest BCUT2D eigenvalue weighted by atomic mass is 32.1. The molecule has 0 amide bonds. The van der Waals surface area contributed by atoms with Crippen LogP contribution in [0, 0.1) is 0 Å². The standard InChI is InChI=1S/C18H19N3O3S/c1-4-24-13-8-9-14-16(10-13)25-18(21(14)2)20-19-11-12-6-5-7-15(23-3)17(12)22/h5-11,22H,4H2,1-3H3/b19-11+,20-18-. The number of phenols is 1. The Morgan fingerprint density at radius 2 is 2.12 bits per heavy atom. The van der Waals surface area contributed by atoms with E-state index >= 15 is 0 Å². The number of aromatic hydroxyl groups is 1. The lowest BCUT2D eigenvalue weighted by Gasteiger charge is -2.04. The monoisotopic (exact) mass is 357 g/mol. The largest absolute Gasteiger partial charge is 0.504 e. The maximum atomic E-state index is 10.1. The summed E-state index contributed by atoms with van der Waals surface area (Å²) < 4.78 is 13.7. The van der Waals surface area contributed by atoms with Gasteiger partial charge in [-0.3, -0.25) is 0 Å². The molecule has 1 heterocycles. The van der Waals surface area contributed by atoms with Gasteiger partial charge in [0.1, 0.15) is 5.75 Å². The Labute approximate surface area is 149 Å². The number of fused-ring (bicyclic) bond motifs is 1. The molecule has 0 fully saturated rings. The van der Waals surface area contributed by atoms with Gasteiger partial charge < -0.3 is 19.1 Å². The third kappa shape index (κ3) is 3.51. The van der Waals surface area contributed by atoms with Crippen LogP contribution in [0.5, 0.6) is 17.2 Å². The first-order valence-electron chi connectivity index (χ1n) is 7.79. The average molecular weight is 357 g/mol. The van der Waals surface area contributed by atoms with Crippen LogP contribution in [0.1, 0.15) is 12.5 Å². The number of methoxy groups -OCH3 is 1. The number of ether oxygens (including phenoxy) is 2. The highest BCUT2D eigenvalue weighted by molar-refractivity contribution is 7.16. The molecule has 1 N–H and O–H groups in total. The van der Waals surface area contributed by atoms with E-state index in [4.69, 9.17) is 9.47 Å². The van der Waals surface area contributed by atoms with Gasteiger partial charge >= 0.3 is 0 Å². The van der Waals surface area contributed by atoms with Gasteiger partial charge in [-0.2, -0.15) is 5.10 Å². The molecule has 1 aromatic heterocycles. The van der Waals surface area contributed by atoms with Crippen molar-refractivity contribution >= 4 is 27.8 Å². The number of phenolic OH excluding ortho intramolecular Hbond substituents is 1. The summed E-state index contributed by atoms with van der Waals surface area (Å²) in [6.45, 7) is 2.59. The van der Waals surface area contributed by atoms with Crippen LogP contribution in [-0.2, 0) is 7.05 Å². The maximum Gasteiger partial charge on any atom is 0.211 e. The predicted molar refractivity (Wildman–Crippen MR) is 99.8 cm³/mol. The van der Waals surface area contributed by atoms with Gasteiger partial charge in [-0.25, -0.2) is 0 Å². The van der Waals surface area contributed by atoms with Crippen molar-refractivity contribution in [2.45, 2.75) is 6.92 Å². The lowest BCUT2D eigenvalue weighted by Crippen LogP contribution is -2.08. The molecule has 0 spiro atoms. The van der Waals surface area contributed by atoms with E-state index in [9.17, 15) is 5.11 Å². The topological polar surface area (TPSA) is 68.3 Å². The smallest absolute Gasteiger partial charge is 0.211 e. The summed E-state index contributed by atoms with van der Waals surface area (Å²) in [5.41, 5.74) is 1.61. The molecule has 2 aromatic carbocycles. The molecule has 6 nitrogen and oxygen atoms in total. The fourth-order valence-corrected chi connectivity index (χ4v) is 3.42. The molecule has 130 valence electrons. The SMILES string of the molecule is CCOc1ccc2c(c1)s/c(=N\N=C\c1cccc(OC)c1O)n2C. The Hall–Kier alpha value is -2.80. The first-order valence-corrected chi connectivity index (χ1v) is 8.61. The van der Waals surface area contributed by atoms with Gasteiger partial charge in [-0.15, -0.1) is 5.10 Å². The Kier molecular flexibility index (Phi) is 5.04. The average Bonchev–Trinajstić information content (AvgIpc) is 2.92. The van der Waals surface area contributed by atoms with Crippen molar-refractivity contribution in [1.29, 1.82) is 0 Å². The Morgan fingerprint density at radius 3 is 2.88 bits per heavy atom. The molecule has 0 atom stereocenters. The zero-order valence-electron chi connectivity index (χ0n) is 14.3. The van der Waals surface area contributed by atoms with Gasteiger partial charge in [0.05, 0.1) is 30.1 Å². The Morgan fingerprint density at radius 1 is 1.28 bits per heavy atom. The second-order valence-electron chi connectivity index (χ2n) is 5.25. The van der Waals surface area contributed by atoms with Crippen LogP contribution in [-0.4, -0.2) is 29.6 Å². The number of hydrogen-bond acceptors (Lipinski definition) is 6. The van der Waals surface area contributed by atoms with Gasteiger partial charge in [0.2, 0.25) is 4.80 Å². The van der Waals surface area contributed by atoms with Gasteiger partial charge in [0, 0.05) is 12.6 Å². The fraction of sp³-hybridized carbons (Fsp3) is 0.222. The number of nitrogens with zero attached hydrogens (tertiary/aromatic N) is 3. The zero-order valence-corrected chi connectivity index (χ0v) is 15.1. The Bertz CT molecular complexity index is 989. The van der Waals surface area contributed by atoms with Gasteiger partial charge in [-0.05, 0) is 37.3 Å². The maximum absolute atomic E-state index is 10.1. The molecule has 3 aromatic rings. The number of aryl methyl sites for hydroxylation is 1. The molecule has 0 bridgehead atoms. The molecule has 7 heteroatoms. The molecular weight excluding hydrogens is 338 g/mol. The van der Waals surface area contributed by atoms with E-state index in [0.717, 1.165) is 20.8 Å². The van der Waals surface area contributed by atoms with Gasteiger partial charge in [0.15, 0.2) is 11.5 Å². The van der Waals surface area contributed by atoms with Crippen molar-refractivity contribution < 1.29 is 14.6 Å². The summed E-state index contributed by atoms with van der Waals surface area (Å²) in [4.78, 5) is 0.752. The number of para-hydroxylation sites is 1. The van der Waals surface area contributed by atoms with Crippen LogP contribution in [0.15, 0.2) is 46.6 Å². The number of aromatic nitrogens is 1. The van der Waals surface area contributed by atoms with Crippen LogP contribution in [0.2, 0.25) is 0 Å². The normalized spacial score (nSPS) is 12.2. The number of benzene rings is 2. The zero-order chi connectivity index (χ0) is 17.8. The third-order valence-corrected chi connectivity index (χ3v) is 4.77. The third-order valence-electron chi connectivity index (χ3n) is 3.68. The van der Waals surface area contributed by atoms with Crippen molar-refractivity contribution in [3.05, 3.63) is 46.8 Å². The fourth-order valence-electron chi connectivity index (χ4n) is 2.42. The highest BCUT2D eigenvalue weighted by Gasteiger charge is 2.06. The molecule has 0 saturated heterocycles. The molecule has 3 rings (SSSR count). The van der Waals surface area contributed by atoms with E-state index < -0.39 is 0 Å². The molecule has 0 aliphatic rings. The second-order valence-corrected chi connectivity index (χ2v) is 6.26. The van der Waals surface area contributed by atoms with Crippen molar-refractivity contribution in [2.75, 3.05) is 13.7 Å². The first-order chi connectivity index (χ1) is 12.1. The van der Waals surface area contributed by atoms with Crippen LogP contribution >= 0.6 is 11.3 Å². The van der Waals surface area contributed by atoms with Gasteiger partial charge in [0.25, 0.3) is 0 Å². The van der Waals surface area contributed by atoms with Crippen molar-refractivity contribution in [3.8, 4) is 17.2 Å². The van der Waals surface area contributed by atoms with Crippen LogP contribution < -0.4 is 14.3 Å². The molecule has 0 radical (unpaired) electrons. The molecule has 25 heavy (non-hydrogen) atoms. The summed E-state index contributed by atoms with van der Waals surface area (Å²) in [7, 11) is 3.45. The highest BCUT2D eigenvalue weighted by Crippen LogP contribution is 2.28. The van der Waals surface area contributed by atoms with E-state index in [1.54, 1.807) is 18.2 Å². The van der Waals surface area contributed by atoms with Crippen molar-refractivity contribution in [3.63, 3.8) is 0 Å². The Balaban J connectivity index is 1.95. The summed E-state index contributed by atoms with van der Waals surface area (Å²) in [6, 6.07) is 11.2. The number of hydrogen-bond donors (Lipinski definition) is 1. The van der Waals surface area contributed by atoms with E-state index in [1.165, 1.54) is 24.7 Å². The quantitative estimate of drug-likeness (QED) is 0.563. The summed E-state index contributed by atoms with van der Waals surface area (Å²) >= 11 is 1.53. The number of thiazole rings is 1. The summed E-state index contributed by atoms with van der Waals surface area (Å²) in [5, 5.41) is 18.4. The molecule has 0 aliphatic heterocycles. The summed E-state index contributed by atoms with van der Waals surface area (Å²) in [5.74, 6) is 1.29. The molecule has 0 unspecified atom stereocenters. The molecule has 0 aliphatic carbocycles. The lowest BCUT2D eigenvalue weighted by atomic mass is 10.2. The minimum atomic E-state index is 0.0472. The van der Waals surface area contributed by atoms with Crippen LogP contribution in [0.25, 0.3) is 10.2 Å². The number of rotatable bonds is 5. The summed E-state index contributed by atoms with van der Waals surface area (Å²) in [6.07, 6.45) is 1.51. The van der Waals surface area contributed by atoms with Gasteiger partial charge in [-0.1, -0.05) is 17.4 Å². The van der Waals surface area contributed by atoms with E-state index in [-0.39, 0.29) is 5.75 Å². The van der Waals surface area contributed by atoms with E-state index in [0.29, 0.717) is 17.9 Å². The minimum Gasteiger partial charge on any atom is -0.504 e. The van der Waals surface area contributed by atoms with Crippen LogP contribution in [0.3, 0.4) is 0 Å². The molecular formula is C18H19N3O3S. The predicted octanol–water partition coefficient (Wildman–Crippen LogP) is 3.29. The van der Waals surface area contributed by atoms with Crippen molar-refractivity contribution in [1.82, 2.24) is 4.57 Å². The van der Waals surface area contributed by atoms with Crippen molar-refractivity contribution in [2.24, 2.45) is 17.3 Å². The van der Waals surface area contributed by atoms with E-state index in [2.05, 4.69) is 10.2 Å². The second kappa shape index (κ2) is 7.40. The minimum absolute atomic E-state index is 0.0472. The molecule has 0 saturated carbocycles. The first kappa shape index (κ1) is 17.0. The lowest BCUT2D eigenvalue weighted by molar-refractivity contribution is 0.341.